The summed E-state index contributed by atoms with van der Waals surface area (Å²) in [5, 5.41) is 11.5. The van der Waals surface area contributed by atoms with Crippen LogP contribution in [-0.4, -0.2) is 23.2 Å². The van der Waals surface area contributed by atoms with Crippen molar-refractivity contribution in [1.29, 1.82) is 0 Å². The van der Waals surface area contributed by atoms with E-state index >= 15 is 0 Å². The molecular formula is C16H15NO4. The highest BCUT2D eigenvalue weighted by Gasteiger charge is 2.21. The molecular weight excluding hydrogens is 270 g/mol. The normalized spacial score (nSPS) is 11.4. The number of aliphatic carboxylic acids is 1. The number of benzene rings is 2. The standard InChI is InChI=1S/C16H15NO4/c18-15(19)14(11-12-7-3-1-4-8-12)17-16(20)21-13-9-5-2-6-10-13/h1-10,14H,11H2,(H,17,20)(H,18,19)/t14-/m1/s1. The Morgan fingerprint density at radius 3 is 2.14 bits per heavy atom. The average Bonchev–Trinajstić information content (AvgIpc) is 2.48. The van der Waals surface area contributed by atoms with Gasteiger partial charge in [0.1, 0.15) is 11.8 Å². The van der Waals surface area contributed by atoms with E-state index in [4.69, 9.17) is 4.74 Å². The molecule has 0 saturated carbocycles. The van der Waals surface area contributed by atoms with Crippen molar-refractivity contribution in [3.05, 3.63) is 66.2 Å². The predicted octanol–water partition coefficient (Wildman–Crippen LogP) is 2.47. The number of hydrogen-bond acceptors (Lipinski definition) is 3. The van der Waals surface area contributed by atoms with Gasteiger partial charge < -0.3 is 15.2 Å². The summed E-state index contributed by atoms with van der Waals surface area (Å²) in [5.74, 6) is -0.747. The first kappa shape index (κ1) is 14.6. The summed E-state index contributed by atoms with van der Waals surface area (Å²) in [6, 6.07) is 16.5. The van der Waals surface area contributed by atoms with Crippen LogP contribution in [0, 0.1) is 0 Å². The lowest BCUT2D eigenvalue weighted by Gasteiger charge is -2.14. The fourth-order valence-electron chi connectivity index (χ4n) is 1.82. The van der Waals surface area contributed by atoms with Crippen molar-refractivity contribution < 1.29 is 19.4 Å². The molecule has 0 aliphatic carbocycles. The van der Waals surface area contributed by atoms with Crippen LogP contribution in [0.5, 0.6) is 5.75 Å². The van der Waals surface area contributed by atoms with E-state index in [9.17, 15) is 14.7 Å². The summed E-state index contributed by atoms with van der Waals surface area (Å²) in [6.45, 7) is 0. The summed E-state index contributed by atoms with van der Waals surface area (Å²) in [7, 11) is 0. The molecule has 0 heterocycles. The first-order chi connectivity index (χ1) is 10.1. The van der Waals surface area contributed by atoms with E-state index < -0.39 is 18.1 Å². The second-order valence-electron chi connectivity index (χ2n) is 4.43. The van der Waals surface area contributed by atoms with Gasteiger partial charge in [-0.3, -0.25) is 0 Å². The molecule has 1 amide bonds. The molecule has 0 spiro atoms. The topological polar surface area (TPSA) is 75.6 Å². The zero-order valence-electron chi connectivity index (χ0n) is 11.2. The molecule has 108 valence electrons. The van der Waals surface area contributed by atoms with Crippen LogP contribution in [-0.2, 0) is 11.2 Å². The van der Waals surface area contributed by atoms with E-state index in [1.807, 2.05) is 18.2 Å². The molecule has 5 nitrogen and oxygen atoms in total. The lowest BCUT2D eigenvalue weighted by atomic mass is 10.1. The first-order valence-electron chi connectivity index (χ1n) is 6.45. The molecule has 0 radical (unpaired) electrons. The molecule has 0 bridgehead atoms. The van der Waals surface area contributed by atoms with Crippen LogP contribution in [0.25, 0.3) is 0 Å². The minimum Gasteiger partial charge on any atom is -0.480 e. The molecule has 0 saturated heterocycles. The maximum atomic E-state index is 11.7. The highest BCUT2D eigenvalue weighted by Crippen LogP contribution is 2.09. The van der Waals surface area contributed by atoms with Crippen LogP contribution in [0.3, 0.4) is 0 Å². The predicted molar refractivity (Wildman–Crippen MR) is 77.2 cm³/mol. The summed E-state index contributed by atoms with van der Waals surface area (Å²) in [6.07, 6.45) is -0.593. The smallest absolute Gasteiger partial charge is 0.413 e. The number of ether oxygens (including phenoxy) is 1. The van der Waals surface area contributed by atoms with Gasteiger partial charge in [0.25, 0.3) is 0 Å². The molecule has 5 heteroatoms. The van der Waals surface area contributed by atoms with Gasteiger partial charge in [0.05, 0.1) is 0 Å². The zero-order valence-corrected chi connectivity index (χ0v) is 11.2. The molecule has 0 unspecified atom stereocenters. The Morgan fingerprint density at radius 2 is 1.57 bits per heavy atom. The van der Waals surface area contributed by atoms with Crippen molar-refractivity contribution in [3.8, 4) is 5.75 Å². The monoisotopic (exact) mass is 285 g/mol. The highest BCUT2D eigenvalue weighted by molar-refractivity contribution is 5.81. The van der Waals surface area contributed by atoms with Crippen LogP contribution in [0.1, 0.15) is 5.56 Å². The van der Waals surface area contributed by atoms with Gasteiger partial charge in [0.2, 0.25) is 0 Å². The van der Waals surface area contributed by atoms with Crippen LogP contribution in [0.15, 0.2) is 60.7 Å². The number of rotatable bonds is 5. The Morgan fingerprint density at radius 1 is 1.00 bits per heavy atom. The summed E-state index contributed by atoms with van der Waals surface area (Å²) in [4.78, 5) is 22.9. The lowest BCUT2D eigenvalue weighted by molar-refractivity contribution is -0.139. The van der Waals surface area contributed by atoms with Crippen LogP contribution in [0.2, 0.25) is 0 Å². The summed E-state index contributed by atoms with van der Waals surface area (Å²) < 4.78 is 5.02. The van der Waals surface area contributed by atoms with Crippen molar-refractivity contribution in [1.82, 2.24) is 5.32 Å². The van der Waals surface area contributed by atoms with Gasteiger partial charge >= 0.3 is 12.1 Å². The van der Waals surface area contributed by atoms with Gasteiger partial charge in [0, 0.05) is 6.42 Å². The summed E-state index contributed by atoms with van der Waals surface area (Å²) in [5.41, 5.74) is 0.824. The number of nitrogens with one attached hydrogen (secondary N) is 1. The van der Waals surface area contributed by atoms with E-state index in [2.05, 4.69) is 5.32 Å². The first-order valence-corrected chi connectivity index (χ1v) is 6.45. The van der Waals surface area contributed by atoms with Gasteiger partial charge in [-0.05, 0) is 17.7 Å². The second-order valence-corrected chi connectivity index (χ2v) is 4.43. The molecule has 0 aromatic heterocycles. The Labute approximate surface area is 122 Å². The third kappa shape index (κ3) is 4.65. The van der Waals surface area contributed by atoms with E-state index in [0.717, 1.165) is 5.56 Å². The maximum absolute atomic E-state index is 11.7. The van der Waals surface area contributed by atoms with Crippen LogP contribution >= 0.6 is 0 Å². The molecule has 2 aromatic carbocycles. The number of amides is 1. The van der Waals surface area contributed by atoms with Gasteiger partial charge in [-0.1, -0.05) is 48.5 Å². The Balaban J connectivity index is 1.96. The van der Waals surface area contributed by atoms with Crippen LogP contribution in [0.4, 0.5) is 4.79 Å². The zero-order chi connectivity index (χ0) is 15.1. The van der Waals surface area contributed by atoms with Gasteiger partial charge in [0.15, 0.2) is 0 Å². The number of carbonyl (C=O) groups is 2. The molecule has 2 rings (SSSR count). The number of carboxylic acids is 1. The highest BCUT2D eigenvalue weighted by atomic mass is 16.6. The average molecular weight is 285 g/mol. The van der Waals surface area contributed by atoms with E-state index in [1.165, 1.54) is 0 Å². The van der Waals surface area contributed by atoms with E-state index in [0.29, 0.717) is 5.75 Å². The lowest BCUT2D eigenvalue weighted by Crippen LogP contribution is -2.43. The maximum Gasteiger partial charge on any atom is 0.413 e. The second kappa shape index (κ2) is 7.09. The molecule has 0 fully saturated rings. The molecule has 0 aliphatic heterocycles. The molecule has 2 aromatic rings. The number of carboxylic acid groups (broad SMARTS) is 1. The molecule has 21 heavy (non-hydrogen) atoms. The van der Waals surface area contributed by atoms with Crippen LogP contribution < -0.4 is 10.1 Å². The van der Waals surface area contributed by atoms with E-state index in [-0.39, 0.29) is 6.42 Å². The van der Waals surface area contributed by atoms with Gasteiger partial charge in [-0.25, -0.2) is 9.59 Å². The Hall–Kier alpha value is -2.82. The van der Waals surface area contributed by atoms with Gasteiger partial charge in [-0.2, -0.15) is 0 Å². The SMILES string of the molecule is O=C(N[C@H](Cc1ccccc1)C(=O)O)Oc1ccccc1. The minimum absolute atomic E-state index is 0.195. The van der Waals surface area contributed by atoms with Crippen molar-refractivity contribution >= 4 is 12.1 Å². The Kier molecular flexibility index (Phi) is 4.93. The number of para-hydroxylation sites is 1. The fourth-order valence-corrected chi connectivity index (χ4v) is 1.82. The molecule has 2 N–H and O–H groups in total. The van der Waals surface area contributed by atoms with Crippen molar-refractivity contribution in [2.45, 2.75) is 12.5 Å². The third-order valence-electron chi connectivity index (χ3n) is 2.83. The molecule has 0 aliphatic rings. The minimum atomic E-state index is -1.11. The van der Waals surface area contributed by atoms with Crippen molar-refractivity contribution in [2.24, 2.45) is 0 Å². The number of hydrogen-bond donors (Lipinski definition) is 2. The fraction of sp³-hybridized carbons (Fsp3) is 0.125. The Bertz CT molecular complexity index is 598. The van der Waals surface area contributed by atoms with E-state index in [1.54, 1.807) is 42.5 Å². The quantitative estimate of drug-likeness (QED) is 0.885. The third-order valence-corrected chi connectivity index (χ3v) is 2.83. The van der Waals surface area contributed by atoms with Crippen molar-refractivity contribution in [2.75, 3.05) is 0 Å². The van der Waals surface area contributed by atoms with Gasteiger partial charge in [-0.15, -0.1) is 0 Å². The largest absolute Gasteiger partial charge is 0.480 e. The molecule has 1 atom stereocenters. The number of carbonyl (C=O) groups excluding carboxylic acids is 1. The summed E-state index contributed by atoms with van der Waals surface area (Å²) >= 11 is 0. The van der Waals surface area contributed by atoms with Crippen molar-refractivity contribution in [3.63, 3.8) is 0 Å².